The second-order valence-corrected chi connectivity index (χ2v) is 6.36. The molecule has 2 aromatic rings. The Hall–Kier alpha value is -2.66. The first-order chi connectivity index (χ1) is 12.6. The van der Waals surface area contributed by atoms with Crippen LogP contribution in [-0.4, -0.2) is 17.0 Å². The summed E-state index contributed by atoms with van der Waals surface area (Å²) in [6.07, 6.45) is 2.85. The van der Waals surface area contributed by atoms with Crippen LogP contribution in [0.1, 0.15) is 48.4 Å². The van der Waals surface area contributed by atoms with Gasteiger partial charge in [0.2, 0.25) is 5.91 Å². The maximum absolute atomic E-state index is 12.2. The second-order valence-electron chi connectivity index (χ2n) is 6.36. The molecule has 0 bridgehead atoms. The summed E-state index contributed by atoms with van der Waals surface area (Å²) < 4.78 is 0. The molecule has 0 aliphatic heterocycles. The molecule has 0 saturated heterocycles. The molecule has 0 saturated carbocycles. The predicted octanol–water partition coefficient (Wildman–Crippen LogP) is 3.19. The van der Waals surface area contributed by atoms with Crippen molar-refractivity contribution in [3.05, 3.63) is 71.3 Å². The first kappa shape index (κ1) is 19.7. The second kappa shape index (κ2) is 10.4. The van der Waals surface area contributed by atoms with Crippen molar-refractivity contribution in [3.8, 4) is 0 Å². The molecular weight excluding hydrogens is 328 g/mol. The fourth-order valence-electron chi connectivity index (χ4n) is 2.84. The third kappa shape index (κ3) is 6.69. The maximum atomic E-state index is 12.2. The van der Waals surface area contributed by atoms with Crippen LogP contribution >= 0.6 is 0 Å². The Labute approximate surface area is 154 Å². The number of carboxylic acids is 1. The Morgan fingerprint density at radius 3 is 2.23 bits per heavy atom. The van der Waals surface area contributed by atoms with E-state index in [2.05, 4.69) is 17.4 Å². The van der Waals surface area contributed by atoms with E-state index in [9.17, 15) is 9.59 Å². The van der Waals surface area contributed by atoms with Gasteiger partial charge in [-0.05, 0) is 36.0 Å². The molecule has 1 unspecified atom stereocenters. The van der Waals surface area contributed by atoms with Gasteiger partial charge in [-0.2, -0.15) is 0 Å². The number of hydrogen-bond acceptors (Lipinski definition) is 3. The van der Waals surface area contributed by atoms with Crippen molar-refractivity contribution in [3.63, 3.8) is 0 Å². The van der Waals surface area contributed by atoms with Gasteiger partial charge in [0.25, 0.3) is 0 Å². The SMILES string of the molecule is NCc1ccc(CCCCC(=O)NC(CC(=O)O)c2ccccc2)cc1. The molecule has 0 fully saturated rings. The van der Waals surface area contributed by atoms with E-state index in [0.29, 0.717) is 13.0 Å². The van der Waals surface area contributed by atoms with Crippen molar-refractivity contribution in [2.75, 3.05) is 0 Å². The lowest BCUT2D eigenvalue weighted by atomic mass is 10.0. The zero-order valence-electron chi connectivity index (χ0n) is 14.9. The topological polar surface area (TPSA) is 92.4 Å². The van der Waals surface area contributed by atoms with Gasteiger partial charge in [0.05, 0.1) is 12.5 Å². The number of hydrogen-bond donors (Lipinski definition) is 3. The molecule has 0 aromatic heterocycles. The van der Waals surface area contributed by atoms with E-state index in [4.69, 9.17) is 10.8 Å². The van der Waals surface area contributed by atoms with Gasteiger partial charge in [-0.1, -0.05) is 54.6 Å². The fourth-order valence-corrected chi connectivity index (χ4v) is 2.84. The molecule has 1 amide bonds. The molecule has 1 atom stereocenters. The summed E-state index contributed by atoms with van der Waals surface area (Å²) in [7, 11) is 0. The number of rotatable bonds is 10. The van der Waals surface area contributed by atoms with Crippen molar-refractivity contribution in [2.24, 2.45) is 5.73 Å². The van der Waals surface area contributed by atoms with Gasteiger partial charge in [0.1, 0.15) is 0 Å². The smallest absolute Gasteiger partial charge is 0.305 e. The van der Waals surface area contributed by atoms with Crippen LogP contribution in [0.5, 0.6) is 0 Å². The number of carbonyl (C=O) groups is 2. The molecule has 0 aliphatic rings. The summed E-state index contributed by atoms with van der Waals surface area (Å²) in [4.78, 5) is 23.3. The van der Waals surface area contributed by atoms with Crippen LogP contribution in [0.15, 0.2) is 54.6 Å². The van der Waals surface area contributed by atoms with Crippen LogP contribution in [0.4, 0.5) is 0 Å². The van der Waals surface area contributed by atoms with E-state index in [1.54, 1.807) is 0 Å². The average Bonchev–Trinajstić information content (AvgIpc) is 2.65. The first-order valence-corrected chi connectivity index (χ1v) is 8.92. The molecule has 5 heteroatoms. The molecule has 0 heterocycles. The molecule has 2 rings (SSSR count). The van der Waals surface area contributed by atoms with Crippen LogP contribution in [0.3, 0.4) is 0 Å². The summed E-state index contributed by atoms with van der Waals surface area (Å²) in [5.41, 5.74) is 8.74. The summed E-state index contributed by atoms with van der Waals surface area (Å²) >= 11 is 0. The van der Waals surface area contributed by atoms with E-state index >= 15 is 0 Å². The molecule has 0 spiro atoms. The summed E-state index contributed by atoms with van der Waals surface area (Å²) in [5, 5.41) is 11.9. The number of benzene rings is 2. The lowest BCUT2D eigenvalue weighted by Crippen LogP contribution is -2.30. The zero-order chi connectivity index (χ0) is 18.8. The normalized spacial score (nSPS) is 11.7. The number of unbranched alkanes of at least 4 members (excludes halogenated alkanes) is 1. The Morgan fingerprint density at radius 1 is 0.962 bits per heavy atom. The number of nitrogens with one attached hydrogen (secondary N) is 1. The van der Waals surface area contributed by atoms with Crippen LogP contribution in [0.25, 0.3) is 0 Å². The van der Waals surface area contributed by atoms with E-state index in [1.165, 1.54) is 5.56 Å². The highest BCUT2D eigenvalue weighted by Crippen LogP contribution is 2.17. The highest BCUT2D eigenvalue weighted by molar-refractivity contribution is 5.77. The van der Waals surface area contributed by atoms with E-state index in [0.717, 1.165) is 30.4 Å². The largest absolute Gasteiger partial charge is 0.481 e. The Bertz CT molecular complexity index is 699. The Morgan fingerprint density at radius 2 is 1.62 bits per heavy atom. The third-order valence-electron chi connectivity index (χ3n) is 4.29. The third-order valence-corrected chi connectivity index (χ3v) is 4.29. The van der Waals surface area contributed by atoms with Gasteiger partial charge in [0, 0.05) is 13.0 Å². The number of aliphatic carboxylic acids is 1. The first-order valence-electron chi connectivity index (χ1n) is 8.92. The molecule has 5 nitrogen and oxygen atoms in total. The number of carboxylic acid groups (broad SMARTS) is 1. The van der Waals surface area contributed by atoms with Crippen LogP contribution in [0, 0.1) is 0 Å². The van der Waals surface area contributed by atoms with Crippen molar-refractivity contribution in [2.45, 2.75) is 44.7 Å². The molecular formula is C21H26N2O3. The Kier molecular flexibility index (Phi) is 7.83. The molecule has 0 radical (unpaired) electrons. The lowest BCUT2D eigenvalue weighted by molar-refractivity contribution is -0.137. The number of nitrogens with two attached hydrogens (primary N) is 1. The van der Waals surface area contributed by atoms with Crippen LogP contribution in [0.2, 0.25) is 0 Å². The van der Waals surface area contributed by atoms with Crippen molar-refractivity contribution < 1.29 is 14.7 Å². The average molecular weight is 354 g/mol. The minimum absolute atomic E-state index is 0.112. The standard InChI is InChI=1S/C21H26N2O3/c22-15-17-12-10-16(11-13-17)6-4-5-9-20(24)23-19(14-21(25)26)18-7-2-1-3-8-18/h1-3,7-8,10-13,19H,4-6,9,14-15,22H2,(H,23,24)(H,25,26). The quantitative estimate of drug-likeness (QED) is 0.571. The van der Waals surface area contributed by atoms with Gasteiger partial charge in [-0.25, -0.2) is 0 Å². The van der Waals surface area contributed by atoms with E-state index in [1.807, 2.05) is 42.5 Å². The fraction of sp³-hybridized carbons (Fsp3) is 0.333. The number of carbonyl (C=O) groups excluding carboxylic acids is 1. The highest BCUT2D eigenvalue weighted by atomic mass is 16.4. The van der Waals surface area contributed by atoms with E-state index in [-0.39, 0.29) is 12.3 Å². The molecule has 4 N–H and O–H groups in total. The predicted molar refractivity (Wildman–Crippen MR) is 101 cm³/mol. The number of amides is 1. The van der Waals surface area contributed by atoms with Crippen molar-refractivity contribution >= 4 is 11.9 Å². The molecule has 0 aliphatic carbocycles. The lowest BCUT2D eigenvalue weighted by Gasteiger charge is -2.17. The van der Waals surface area contributed by atoms with Crippen LogP contribution < -0.4 is 11.1 Å². The molecule has 26 heavy (non-hydrogen) atoms. The maximum Gasteiger partial charge on any atom is 0.305 e. The highest BCUT2D eigenvalue weighted by Gasteiger charge is 2.17. The van der Waals surface area contributed by atoms with Gasteiger partial charge in [-0.15, -0.1) is 0 Å². The van der Waals surface area contributed by atoms with Gasteiger partial charge in [-0.3, -0.25) is 9.59 Å². The van der Waals surface area contributed by atoms with E-state index < -0.39 is 12.0 Å². The monoisotopic (exact) mass is 354 g/mol. The summed E-state index contributed by atoms with van der Waals surface area (Å²) in [6.45, 7) is 0.541. The molecule has 138 valence electrons. The van der Waals surface area contributed by atoms with Gasteiger partial charge < -0.3 is 16.2 Å². The molecule has 2 aromatic carbocycles. The van der Waals surface area contributed by atoms with Crippen molar-refractivity contribution in [1.29, 1.82) is 0 Å². The van der Waals surface area contributed by atoms with Gasteiger partial charge in [0.15, 0.2) is 0 Å². The number of aryl methyl sites for hydroxylation is 1. The van der Waals surface area contributed by atoms with Crippen LogP contribution in [-0.2, 0) is 22.6 Å². The Balaban J connectivity index is 1.77. The van der Waals surface area contributed by atoms with Crippen molar-refractivity contribution in [1.82, 2.24) is 5.32 Å². The minimum atomic E-state index is -0.930. The summed E-state index contributed by atoms with van der Waals surface area (Å²) in [5.74, 6) is -1.04. The minimum Gasteiger partial charge on any atom is -0.481 e. The summed E-state index contributed by atoms with van der Waals surface area (Å²) in [6, 6.07) is 16.9. The van der Waals surface area contributed by atoms with Gasteiger partial charge >= 0.3 is 5.97 Å². The zero-order valence-corrected chi connectivity index (χ0v) is 14.9.